The number of fused-ring (bicyclic) bond motifs is 1. The Labute approximate surface area is 212 Å². The topological polar surface area (TPSA) is 156 Å². The van der Waals surface area contributed by atoms with Gasteiger partial charge in [-0.15, -0.1) is 0 Å². The first-order valence-corrected chi connectivity index (χ1v) is 11.5. The quantitative estimate of drug-likeness (QED) is 0.412. The Hall–Kier alpha value is -5.29. The Morgan fingerprint density at radius 2 is 1.97 bits per heavy atom. The Bertz CT molecular complexity index is 1620. The van der Waals surface area contributed by atoms with Crippen molar-refractivity contribution in [1.82, 2.24) is 29.6 Å². The summed E-state index contributed by atoms with van der Waals surface area (Å²) in [7, 11) is 0. The van der Waals surface area contributed by atoms with Crippen molar-refractivity contribution in [3.05, 3.63) is 60.0 Å². The molecule has 0 saturated carbocycles. The maximum Gasteiger partial charge on any atom is 0.298 e. The number of nitrogens with one attached hydrogen (secondary N) is 1. The van der Waals surface area contributed by atoms with Gasteiger partial charge in [0, 0.05) is 30.4 Å². The van der Waals surface area contributed by atoms with Gasteiger partial charge in [-0.3, -0.25) is 9.59 Å². The van der Waals surface area contributed by atoms with Crippen molar-refractivity contribution >= 4 is 34.5 Å². The molecule has 3 aromatic heterocycles. The van der Waals surface area contributed by atoms with Crippen LogP contribution in [0.1, 0.15) is 35.3 Å². The summed E-state index contributed by atoms with van der Waals surface area (Å²) in [4.78, 5) is 39.3. The maximum absolute atomic E-state index is 12.7. The third-order valence-corrected chi connectivity index (χ3v) is 6.10. The van der Waals surface area contributed by atoms with Crippen LogP contribution in [0, 0.1) is 23.2 Å². The molecule has 182 valence electrons. The van der Waals surface area contributed by atoms with E-state index in [9.17, 15) is 9.59 Å². The lowest BCUT2D eigenvalue weighted by Crippen LogP contribution is -2.28. The lowest BCUT2D eigenvalue weighted by atomic mass is 10.1. The average Bonchev–Trinajstić information content (AvgIpc) is 3.55. The van der Waals surface area contributed by atoms with E-state index >= 15 is 0 Å². The molecule has 0 aliphatic carbocycles. The van der Waals surface area contributed by atoms with Crippen molar-refractivity contribution in [1.29, 1.82) is 5.26 Å². The number of hydrogen-bond acceptors (Lipinski definition) is 8. The fraction of sp³-hybridized carbons (Fsp3) is 0.192. The third-order valence-electron chi connectivity index (χ3n) is 6.10. The molecule has 0 radical (unpaired) electrons. The van der Waals surface area contributed by atoms with Crippen LogP contribution >= 0.6 is 0 Å². The average molecular weight is 492 g/mol. The fourth-order valence-electron chi connectivity index (χ4n) is 4.30. The molecule has 11 nitrogen and oxygen atoms in total. The Balaban J connectivity index is 1.43. The number of benzene rings is 1. The highest BCUT2D eigenvalue weighted by Gasteiger charge is 2.30. The van der Waals surface area contributed by atoms with E-state index in [1.165, 1.54) is 18.6 Å². The van der Waals surface area contributed by atoms with Gasteiger partial charge in [0.1, 0.15) is 23.7 Å². The zero-order chi connectivity index (χ0) is 25.9. The second kappa shape index (κ2) is 9.76. The summed E-state index contributed by atoms with van der Waals surface area (Å²) in [5, 5.41) is 17.2. The van der Waals surface area contributed by atoms with Gasteiger partial charge in [-0.25, -0.2) is 19.6 Å². The molecule has 5 rings (SSSR count). The first-order chi connectivity index (χ1) is 18.0. The van der Waals surface area contributed by atoms with Crippen molar-refractivity contribution in [2.24, 2.45) is 0 Å². The van der Waals surface area contributed by atoms with E-state index in [-0.39, 0.29) is 23.7 Å². The van der Waals surface area contributed by atoms with E-state index in [2.05, 4.69) is 32.1 Å². The number of rotatable bonds is 4. The van der Waals surface area contributed by atoms with Crippen molar-refractivity contribution < 1.29 is 9.59 Å². The van der Waals surface area contributed by atoms with Crippen molar-refractivity contribution in [3.63, 3.8) is 0 Å². The maximum atomic E-state index is 12.7. The number of nitrogen functional groups attached to an aromatic ring is 1. The van der Waals surface area contributed by atoms with Crippen molar-refractivity contribution in [2.45, 2.75) is 19.4 Å². The highest BCUT2D eigenvalue weighted by atomic mass is 16.2. The molecular formula is C26H21N9O2. The monoisotopic (exact) mass is 491 g/mol. The van der Waals surface area contributed by atoms with E-state index < -0.39 is 0 Å². The van der Waals surface area contributed by atoms with E-state index in [0.717, 1.165) is 5.56 Å². The molecule has 37 heavy (non-hydrogen) atoms. The number of carbonyl (C=O) groups excluding carboxylic acids is 2. The van der Waals surface area contributed by atoms with Crippen molar-refractivity contribution in [3.8, 4) is 29.2 Å². The van der Waals surface area contributed by atoms with Gasteiger partial charge in [0.15, 0.2) is 5.65 Å². The van der Waals surface area contributed by atoms with E-state index in [1.807, 2.05) is 6.07 Å². The lowest BCUT2D eigenvalue weighted by molar-refractivity contribution is -0.124. The number of anilines is 2. The van der Waals surface area contributed by atoms with E-state index in [0.29, 0.717) is 53.2 Å². The van der Waals surface area contributed by atoms with Gasteiger partial charge in [0.05, 0.1) is 23.1 Å². The largest absolute Gasteiger partial charge is 0.383 e. The molecule has 1 aliphatic heterocycles. The second-order valence-corrected chi connectivity index (χ2v) is 8.39. The molecule has 2 amide bonds. The van der Waals surface area contributed by atoms with Crippen LogP contribution in [-0.4, -0.2) is 54.5 Å². The summed E-state index contributed by atoms with van der Waals surface area (Å²) in [5.41, 5.74) is 8.93. The van der Waals surface area contributed by atoms with Gasteiger partial charge in [-0.1, -0.05) is 18.1 Å². The number of carbonyl (C=O) groups is 2. The van der Waals surface area contributed by atoms with Crippen LogP contribution in [0.15, 0.2) is 48.9 Å². The number of nitrogens with zero attached hydrogens (tertiary/aromatic N) is 7. The predicted molar refractivity (Wildman–Crippen MR) is 136 cm³/mol. The lowest BCUT2D eigenvalue weighted by Gasteiger charge is -2.14. The van der Waals surface area contributed by atoms with Gasteiger partial charge in [0.2, 0.25) is 0 Å². The van der Waals surface area contributed by atoms with Gasteiger partial charge in [-0.2, -0.15) is 10.4 Å². The molecule has 1 aromatic carbocycles. The number of pyridine rings is 1. The van der Waals surface area contributed by atoms with Crippen LogP contribution in [0.4, 0.5) is 11.6 Å². The number of amides is 2. The molecule has 3 N–H and O–H groups in total. The molecule has 0 bridgehead atoms. The Morgan fingerprint density at radius 3 is 2.73 bits per heavy atom. The minimum Gasteiger partial charge on any atom is -0.383 e. The summed E-state index contributed by atoms with van der Waals surface area (Å²) >= 11 is 0. The summed E-state index contributed by atoms with van der Waals surface area (Å²) in [6.07, 6.45) is 3.56. The van der Waals surface area contributed by atoms with E-state index in [1.54, 1.807) is 46.8 Å². The standard InChI is InChI=1S/C26H21N9O2/c1-2-3-21(36)34-11-9-19(14-34)35-25-22(24(28)30-15-31-25)23(33-35)17-4-6-18(7-5-17)26(37)32-20-12-16(13-27)8-10-29-20/h4-8,10,12,15,19H,9,11,14H2,1H3,(H2,28,30,31)(H,29,32,37). The van der Waals surface area contributed by atoms with Crippen LogP contribution in [-0.2, 0) is 4.79 Å². The number of nitriles is 1. The minimum atomic E-state index is -0.363. The molecule has 1 aliphatic rings. The molecule has 4 heterocycles. The normalized spacial score (nSPS) is 14.6. The Kier molecular flexibility index (Phi) is 6.18. The number of aromatic nitrogens is 5. The summed E-state index contributed by atoms with van der Waals surface area (Å²) < 4.78 is 1.80. The predicted octanol–water partition coefficient (Wildman–Crippen LogP) is 2.39. The van der Waals surface area contributed by atoms with Crippen LogP contribution in [0.3, 0.4) is 0 Å². The molecule has 1 fully saturated rings. The number of likely N-dealkylation sites (tertiary alicyclic amines) is 1. The molecule has 4 aromatic rings. The number of hydrogen-bond donors (Lipinski definition) is 2. The van der Waals surface area contributed by atoms with Gasteiger partial charge in [-0.05, 0) is 43.5 Å². The number of nitrogens with two attached hydrogens (primary N) is 1. The highest BCUT2D eigenvalue weighted by molar-refractivity contribution is 6.04. The minimum absolute atomic E-state index is 0.0881. The first kappa shape index (κ1) is 23.5. The zero-order valence-electron chi connectivity index (χ0n) is 19.8. The molecule has 1 saturated heterocycles. The van der Waals surface area contributed by atoms with Crippen LogP contribution < -0.4 is 11.1 Å². The summed E-state index contributed by atoms with van der Waals surface area (Å²) in [5.74, 6) is 5.24. The van der Waals surface area contributed by atoms with Crippen LogP contribution in [0.2, 0.25) is 0 Å². The molecular weight excluding hydrogens is 470 g/mol. The van der Waals surface area contributed by atoms with Gasteiger partial charge < -0.3 is 16.0 Å². The van der Waals surface area contributed by atoms with E-state index in [4.69, 9.17) is 16.1 Å². The summed E-state index contributed by atoms with van der Waals surface area (Å²) in [6.45, 7) is 2.68. The van der Waals surface area contributed by atoms with Crippen molar-refractivity contribution in [2.75, 3.05) is 24.1 Å². The Morgan fingerprint density at radius 1 is 1.16 bits per heavy atom. The smallest absolute Gasteiger partial charge is 0.298 e. The van der Waals surface area contributed by atoms with Gasteiger partial charge in [0.25, 0.3) is 11.8 Å². The SMILES string of the molecule is CC#CC(=O)N1CCC(n2nc(-c3ccc(C(=O)Nc4cc(C#N)ccn4)cc3)c3c(N)ncnc32)C1. The molecule has 0 spiro atoms. The molecule has 11 heteroatoms. The zero-order valence-corrected chi connectivity index (χ0v) is 19.8. The molecule has 1 unspecified atom stereocenters. The fourth-order valence-corrected chi connectivity index (χ4v) is 4.30. The van der Waals surface area contributed by atoms with Gasteiger partial charge >= 0.3 is 0 Å². The van der Waals surface area contributed by atoms with Crippen LogP contribution in [0.5, 0.6) is 0 Å². The summed E-state index contributed by atoms with van der Waals surface area (Å²) in [6, 6.07) is 11.9. The first-order valence-electron chi connectivity index (χ1n) is 11.5. The highest BCUT2D eigenvalue weighted by Crippen LogP contribution is 2.34. The van der Waals surface area contributed by atoms with Crippen LogP contribution in [0.25, 0.3) is 22.3 Å². The third kappa shape index (κ3) is 4.54. The molecule has 1 atom stereocenters. The second-order valence-electron chi connectivity index (χ2n) is 8.39.